The summed E-state index contributed by atoms with van der Waals surface area (Å²) in [7, 11) is -2.55. The van der Waals surface area contributed by atoms with Gasteiger partial charge >= 0.3 is 0 Å². The summed E-state index contributed by atoms with van der Waals surface area (Å²) in [6.45, 7) is 8.13. The van der Waals surface area contributed by atoms with Gasteiger partial charge in [-0.1, -0.05) is 44.9 Å². The fourth-order valence-corrected chi connectivity index (χ4v) is 8.99. The number of ether oxygens (including phenoxy) is 2. The zero-order valence-electron chi connectivity index (χ0n) is 26.4. The van der Waals surface area contributed by atoms with E-state index < -0.39 is 27.3 Å². The summed E-state index contributed by atoms with van der Waals surface area (Å²) in [5.41, 5.74) is 3.02. The largest absolute Gasteiger partial charge is 0.490 e. The number of nitrogens with zero attached hydrogens (tertiary/aromatic N) is 1. The molecule has 2 aliphatic heterocycles. The molecule has 242 valence electrons. The first kappa shape index (κ1) is 33.0. The fourth-order valence-electron chi connectivity index (χ4n) is 7.36. The molecule has 8 nitrogen and oxygen atoms in total. The number of sulfonamides is 1. The summed E-state index contributed by atoms with van der Waals surface area (Å²) >= 11 is 6.43. The van der Waals surface area contributed by atoms with E-state index in [2.05, 4.69) is 35.6 Å². The highest BCUT2D eigenvalue weighted by molar-refractivity contribution is 7.90. The van der Waals surface area contributed by atoms with Gasteiger partial charge in [-0.15, -0.1) is 0 Å². The molecule has 0 spiro atoms. The number of methoxy groups -OCH3 is 1. The molecule has 2 bridgehead atoms. The Kier molecular flexibility index (Phi) is 10.2. The zero-order chi connectivity index (χ0) is 31.6. The third-order valence-corrected chi connectivity index (χ3v) is 11.9. The fraction of sp³-hybridized carbons (Fsp3) is 0.618. The number of aliphatic hydroxyl groups is 1. The van der Waals surface area contributed by atoms with Gasteiger partial charge in [0.15, 0.2) is 0 Å². The average Bonchev–Trinajstić information content (AvgIpc) is 3.09. The maximum Gasteiger partial charge on any atom is 0.264 e. The maximum atomic E-state index is 13.5. The Balaban J connectivity index is 1.56. The van der Waals surface area contributed by atoms with E-state index in [9.17, 15) is 18.3 Å². The number of anilines is 1. The summed E-state index contributed by atoms with van der Waals surface area (Å²) in [5.74, 6) is 0.491. The molecule has 1 amide bonds. The predicted octanol–water partition coefficient (Wildman–Crippen LogP) is 5.73. The summed E-state index contributed by atoms with van der Waals surface area (Å²) in [4.78, 5) is 15.8. The molecule has 0 radical (unpaired) electrons. The first-order chi connectivity index (χ1) is 20.9. The Hall–Kier alpha value is -2.33. The number of carbonyl (C=O) groups excluding carboxylic acids is 1. The Morgan fingerprint density at radius 1 is 1.16 bits per heavy atom. The molecule has 2 aromatic carbocycles. The number of aryl methyl sites for hydroxylation is 1. The van der Waals surface area contributed by atoms with Crippen LogP contribution in [0.2, 0.25) is 5.02 Å². The molecule has 5 rings (SSSR count). The molecule has 1 aliphatic carbocycles. The van der Waals surface area contributed by atoms with Crippen molar-refractivity contribution in [1.29, 1.82) is 0 Å². The number of fused-ring (bicyclic) bond motifs is 2. The molecular formula is C34H47ClN2O6S. The van der Waals surface area contributed by atoms with Crippen molar-refractivity contribution < 1.29 is 27.8 Å². The van der Waals surface area contributed by atoms with Gasteiger partial charge in [-0.3, -0.25) is 4.79 Å². The minimum atomic E-state index is -4.02. The number of rotatable bonds is 5. The summed E-state index contributed by atoms with van der Waals surface area (Å²) in [5, 5.41) is 11.1. The minimum Gasteiger partial charge on any atom is -0.490 e. The first-order valence-corrected chi connectivity index (χ1v) is 17.9. The lowest BCUT2D eigenvalue weighted by atomic mass is 9.69. The van der Waals surface area contributed by atoms with Gasteiger partial charge in [0.1, 0.15) is 11.0 Å². The Bertz CT molecular complexity index is 1450. The van der Waals surface area contributed by atoms with Gasteiger partial charge < -0.3 is 19.5 Å². The van der Waals surface area contributed by atoms with Crippen LogP contribution in [-0.2, 0) is 26.6 Å². The number of aliphatic hydroxyl groups excluding tert-OH is 1. The lowest BCUT2D eigenvalue weighted by Gasteiger charge is -2.44. The molecule has 1 fully saturated rings. The van der Waals surface area contributed by atoms with Crippen LogP contribution >= 0.6 is 11.6 Å². The molecule has 2 aromatic rings. The lowest BCUT2D eigenvalue weighted by molar-refractivity contribution is 0.00700. The number of hydrogen-bond acceptors (Lipinski definition) is 7. The van der Waals surface area contributed by atoms with E-state index in [0.717, 1.165) is 31.4 Å². The van der Waals surface area contributed by atoms with E-state index in [1.54, 1.807) is 18.2 Å². The number of nitrogens with one attached hydrogen (secondary N) is 1. The minimum absolute atomic E-state index is 0.0185. The van der Waals surface area contributed by atoms with E-state index >= 15 is 0 Å². The molecule has 1 saturated carbocycles. The average molecular weight is 647 g/mol. The van der Waals surface area contributed by atoms with Crippen molar-refractivity contribution in [2.75, 3.05) is 38.3 Å². The second-order valence-corrected chi connectivity index (χ2v) is 15.9. The van der Waals surface area contributed by atoms with Crippen LogP contribution in [0.25, 0.3) is 0 Å². The molecule has 0 saturated heterocycles. The van der Waals surface area contributed by atoms with E-state index in [1.165, 1.54) is 18.2 Å². The number of amides is 1. The van der Waals surface area contributed by atoms with Crippen LogP contribution in [0.1, 0.15) is 80.8 Å². The van der Waals surface area contributed by atoms with Crippen molar-refractivity contribution in [3.8, 4) is 5.75 Å². The van der Waals surface area contributed by atoms with Gasteiger partial charge in [-0.2, -0.15) is 0 Å². The quantitative estimate of drug-likeness (QED) is 0.427. The highest BCUT2D eigenvalue weighted by Crippen LogP contribution is 2.44. The van der Waals surface area contributed by atoms with Crippen molar-refractivity contribution in [2.24, 2.45) is 17.8 Å². The van der Waals surface area contributed by atoms with Crippen LogP contribution in [-0.4, -0.2) is 64.2 Å². The van der Waals surface area contributed by atoms with E-state index in [0.29, 0.717) is 55.6 Å². The topological polar surface area (TPSA) is 105 Å². The summed E-state index contributed by atoms with van der Waals surface area (Å²) < 4.78 is 40.9. The van der Waals surface area contributed by atoms with Crippen LogP contribution < -0.4 is 14.4 Å². The van der Waals surface area contributed by atoms with Crippen LogP contribution in [0.4, 0.5) is 5.69 Å². The van der Waals surface area contributed by atoms with E-state index in [-0.39, 0.29) is 29.4 Å². The molecule has 0 aromatic heterocycles. The third-order valence-electron chi connectivity index (χ3n) is 9.96. The van der Waals surface area contributed by atoms with E-state index in [4.69, 9.17) is 21.1 Å². The molecule has 2 heterocycles. The highest BCUT2D eigenvalue weighted by Gasteiger charge is 2.42. The molecular weight excluding hydrogens is 600 g/mol. The van der Waals surface area contributed by atoms with Crippen molar-refractivity contribution >= 4 is 33.2 Å². The number of halogens is 1. The van der Waals surface area contributed by atoms with Gasteiger partial charge in [-0.05, 0) is 97.7 Å². The summed E-state index contributed by atoms with van der Waals surface area (Å²) in [6.07, 6.45) is 5.08. The second-order valence-electron chi connectivity index (χ2n) is 13.5. The van der Waals surface area contributed by atoms with Gasteiger partial charge in [0.25, 0.3) is 5.91 Å². The highest BCUT2D eigenvalue weighted by atomic mass is 35.5. The SMILES string of the molecule is CCCc1cc(Cl)ccc1[C@]1(C)COc2ccc3cc2N(C[C@@H]2CC[C@H]2[C@@H](O)CC[C@H](C)C[C@@H](COC)S(=O)(=O)NC3=O)C1. The number of benzene rings is 2. The van der Waals surface area contributed by atoms with Crippen molar-refractivity contribution in [3.05, 3.63) is 58.1 Å². The molecule has 44 heavy (non-hydrogen) atoms. The Labute approximate surface area is 267 Å². The normalized spacial score (nSPS) is 30.7. The Morgan fingerprint density at radius 3 is 2.66 bits per heavy atom. The Morgan fingerprint density at radius 2 is 1.95 bits per heavy atom. The van der Waals surface area contributed by atoms with Gasteiger partial charge in [0.05, 0.1) is 25.0 Å². The molecule has 6 atom stereocenters. The molecule has 0 unspecified atom stereocenters. The van der Waals surface area contributed by atoms with Crippen molar-refractivity contribution in [2.45, 2.75) is 82.5 Å². The van der Waals surface area contributed by atoms with Crippen LogP contribution in [0.5, 0.6) is 5.75 Å². The zero-order valence-corrected chi connectivity index (χ0v) is 27.9. The third kappa shape index (κ3) is 7.06. The van der Waals surface area contributed by atoms with Crippen LogP contribution in [0.3, 0.4) is 0 Å². The van der Waals surface area contributed by atoms with Gasteiger partial charge in [-0.25, -0.2) is 13.1 Å². The van der Waals surface area contributed by atoms with E-state index in [1.807, 2.05) is 13.0 Å². The standard InChI is InChI=1S/C34H47ClN2O6S/c1-5-6-23-16-26(35)10-12-29(23)34(3)20-37-18-25-8-11-28(25)31(38)13-7-22(2)15-27(19-42-4)44(40,41)36-33(39)24-9-14-32(43-21-34)30(37)17-24/h9-10,12,14,16-17,22,25,27-28,31,38H,5-8,11,13,15,18-21H2,1-4H3,(H,36,39)/t22-,25-,27-,28+,31-,34-/m0/s1. The molecule has 10 heteroatoms. The molecule has 2 N–H and O–H groups in total. The monoisotopic (exact) mass is 646 g/mol. The molecule has 3 aliphatic rings. The van der Waals surface area contributed by atoms with Gasteiger partial charge in [0.2, 0.25) is 10.0 Å². The second kappa shape index (κ2) is 13.6. The van der Waals surface area contributed by atoms with Crippen LogP contribution in [0.15, 0.2) is 36.4 Å². The maximum absolute atomic E-state index is 13.5. The van der Waals surface area contributed by atoms with Crippen molar-refractivity contribution in [3.63, 3.8) is 0 Å². The van der Waals surface area contributed by atoms with Crippen molar-refractivity contribution in [1.82, 2.24) is 4.72 Å². The number of hydrogen-bond donors (Lipinski definition) is 2. The first-order valence-electron chi connectivity index (χ1n) is 16.0. The lowest BCUT2D eigenvalue weighted by Crippen LogP contribution is -2.48. The number of carbonyl (C=O) groups is 1. The summed E-state index contributed by atoms with van der Waals surface area (Å²) in [6, 6.07) is 11.3. The predicted molar refractivity (Wildman–Crippen MR) is 174 cm³/mol. The van der Waals surface area contributed by atoms with Crippen LogP contribution in [0, 0.1) is 17.8 Å². The van der Waals surface area contributed by atoms with Gasteiger partial charge in [0, 0.05) is 36.2 Å². The smallest absolute Gasteiger partial charge is 0.264 e.